The molecule has 7 nitrogen and oxygen atoms in total. The molecular formula is C16H18N4O3. The highest BCUT2D eigenvalue weighted by molar-refractivity contribution is 5.98. The molecular weight excluding hydrogens is 296 g/mol. The number of piperazine rings is 1. The first kappa shape index (κ1) is 15.2. The number of amides is 2. The van der Waals surface area contributed by atoms with E-state index in [2.05, 4.69) is 15.6 Å². The first-order valence-corrected chi connectivity index (χ1v) is 7.54. The highest BCUT2D eigenvalue weighted by atomic mass is 16.2. The van der Waals surface area contributed by atoms with E-state index in [1.54, 1.807) is 23.1 Å². The second-order valence-electron chi connectivity index (χ2n) is 5.39. The number of carbonyl (C=O) groups is 2. The van der Waals surface area contributed by atoms with Crippen LogP contribution in [0, 0.1) is 0 Å². The molecule has 1 aliphatic rings. The summed E-state index contributed by atoms with van der Waals surface area (Å²) in [4.78, 5) is 41.2. The Morgan fingerprint density at radius 1 is 1.17 bits per heavy atom. The van der Waals surface area contributed by atoms with E-state index < -0.39 is 5.91 Å². The minimum Gasteiger partial charge on any atom is -0.360 e. The number of para-hydroxylation sites is 1. The Balaban J connectivity index is 1.70. The third-order valence-electron chi connectivity index (χ3n) is 3.90. The molecule has 1 saturated heterocycles. The molecule has 2 aromatic rings. The minimum atomic E-state index is -0.541. The molecule has 1 aliphatic heterocycles. The molecule has 1 aromatic carbocycles. The summed E-state index contributed by atoms with van der Waals surface area (Å²) in [7, 11) is 0. The monoisotopic (exact) mass is 314 g/mol. The largest absolute Gasteiger partial charge is 0.360 e. The van der Waals surface area contributed by atoms with Gasteiger partial charge in [-0.15, -0.1) is 0 Å². The van der Waals surface area contributed by atoms with Crippen molar-refractivity contribution >= 4 is 22.7 Å². The number of hydrogen-bond acceptors (Lipinski definition) is 4. The number of carbonyl (C=O) groups excluding carboxylic acids is 2. The molecule has 1 fully saturated rings. The highest BCUT2D eigenvalue weighted by Gasteiger charge is 2.18. The second kappa shape index (κ2) is 6.62. The van der Waals surface area contributed by atoms with Crippen LogP contribution in [0.4, 0.5) is 0 Å². The molecule has 0 unspecified atom stereocenters. The van der Waals surface area contributed by atoms with Gasteiger partial charge < -0.3 is 20.5 Å². The number of nitrogens with one attached hydrogen (secondary N) is 3. The fourth-order valence-corrected chi connectivity index (χ4v) is 2.61. The van der Waals surface area contributed by atoms with E-state index in [0.717, 1.165) is 13.1 Å². The SMILES string of the molecule is O=C(NCC(=O)N1CCNCC1)c1c[nH]c2ccccc2c1=O. The summed E-state index contributed by atoms with van der Waals surface area (Å²) in [6.07, 6.45) is 1.38. The Labute approximate surface area is 132 Å². The van der Waals surface area contributed by atoms with Crippen LogP contribution in [0.3, 0.4) is 0 Å². The smallest absolute Gasteiger partial charge is 0.257 e. The second-order valence-corrected chi connectivity index (χ2v) is 5.39. The van der Waals surface area contributed by atoms with Gasteiger partial charge in [0.1, 0.15) is 5.56 Å². The van der Waals surface area contributed by atoms with E-state index in [9.17, 15) is 14.4 Å². The van der Waals surface area contributed by atoms with Crippen LogP contribution in [0.5, 0.6) is 0 Å². The molecule has 0 radical (unpaired) electrons. The summed E-state index contributed by atoms with van der Waals surface area (Å²) in [5.41, 5.74) is 0.342. The zero-order valence-electron chi connectivity index (χ0n) is 12.6. The average molecular weight is 314 g/mol. The fraction of sp³-hybridized carbons (Fsp3) is 0.312. The average Bonchev–Trinajstić information content (AvgIpc) is 2.60. The lowest BCUT2D eigenvalue weighted by atomic mass is 10.1. The zero-order valence-corrected chi connectivity index (χ0v) is 12.6. The van der Waals surface area contributed by atoms with Gasteiger partial charge in [-0.1, -0.05) is 12.1 Å². The Kier molecular flexibility index (Phi) is 4.38. The molecule has 2 heterocycles. The van der Waals surface area contributed by atoms with Crippen molar-refractivity contribution in [3.05, 3.63) is 46.2 Å². The molecule has 0 bridgehead atoms. The maximum Gasteiger partial charge on any atom is 0.257 e. The van der Waals surface area contributed by atoms with E-state index in [0.29, 0.717) is 24.0 Å². The van der Waals surface area contributed by atoms with Crippen LogP contribution >= 0.6 is 0 Å². The number of hydrogen-bond donors (Lipinski definition) is 3. The summed E-state index contributed by atoms with van der Waals surface area (Å²) < 4.78 is 0. The molecule has 0 aliphatic carbocycles. The molecule has 0 saturated carbocycles. The van der Waals surface area contributed by atoms with Crippen molar-refractivity contribution in [2.24, 2.45) is 0 Å². The van der Waals surface area contributed by atoms with E-state index in [-0.39, 0.29) is 23.4 Å². The van der Waals surface area contributed by atoms with Gasteiger partial charge in [-0.25, -0.2) is 0 Å². The zero-order chi connectivity index (χ0) is 16.2. The van der Waals surface area contributed by atoms with Gasteiger partial charge in [0.25, 0.3) is 5.91 Å². The number of aromatic nitrogens is 1. The Bertz CT molecular complexity index is 793. The number of benzene rings is 1. The van der Waals surface area contributed by atoms with Crippen LogP contribution in [0.2, 0.25) is 0 Å². The maximum absolute atomic E-state index is 12.3. The van der Waals surface area contributed by atoms with Crippen molar-refractivity contribution in [3.63, 3.8) is 0 Å². The van der Waals surface area contributed by atoms with Crippen LogP contribution < -0.4 is 16.1 Å². The lowest BCUT2D eigenvalue weighted by Crippen LogP contribution is -2.49. The standard InChI is InChI=1S/C16H18N4O3/c21-14(20-7-5-17-6-8-20)10-19-16(23)12-9-18-13-4-2-1-3-11(13)15(12)22/h1-4,9,17H,5-8,10H2,(H,18,22)(H,19,23). The molecule has 7 heteroatoms. The van der Waals surface area contributed by atoms with Gasteiger partial charge in [0.05, 0.1) is 6.54 Å². The summed E-state index contributed by atoms with van der Waals surface area (Å²) in [6.45, 7) is 2.66. The number of aromatic amines is 1. The Hall–Kier alpha value is -2.67. The first-order valence-electron chi connectivity index (χ1n) is 7.54. The molecule has 23 heavy (non-hydrogen) atoms. The molecule has 120 valence electrons. The third-order valence-corrected chi connectivity index (χ3v) is 3.90. The number of rotatable bonds is 3. The van der Waals surface area contributed by atoms with Crippen molar-refractivity contribution in [2.45, 2.75) is 0 Å². The first-order chi connectivity index (χ1) is 11.2. The van der Waals surface area contributed by atoms with Gasteiger partial charge >= 0.3 is 0 Å². The Morgan fingerprint density at radius 2 is 1.91 bits per heavy atom. The quantitative estimate of drug-likeness (QED) is 0.724. The van der Waals surface area contributed by atoms with Crippen LogP contribution in [0.25, 0.3) is 10.9 Å². The molecule has 3 rings (SSSR count). The molecule has 0 spiro atoms. The summed E-state index contributed by atoms with van der Waals surface area (Å²) in [5.74, 6) is -0.683. The van der Waals surface area contributed by atoms with Crippen LogP contribution in [0.1, 0.15) is 10.4 Å². The van der Waals surface area contributed by atoms with Gasteiger partial charge in [-0.05, 0) is 12.1 Å². The van der Waals surface area contributed by atoms with Crippen molar-refractivity contribution in [1.82, 2.24) is 20.5 Å². The van der Waals surface area contributed by atoms with E-state index >= 15 is 0 Å². The molecule has 3 N–H and O–H groups in total. The number of pyridine rings is 1. The number of fused-ring (bicyclic) bond motifs is 1. The van der Waals surface area contributed by atoms with Crippen LogP contribution in [0.15, 0.2) is 35.3 Å². The predicted octanol–water partition coefficient (Wildman–Crippen LogP) is -0.310. The fourth-order valence-electron chi connectivity index (χ4n) is 2.61. The van der Waals surface area contributed by atoms with Crippen molar-refractivity contribution in [2.75, 3.05) is 32.7 Å². The lowest BCUT2D eigenvalue weighted by molar-refractivity contribution is -0.130. The van der Waals surface area contributed by atoms with Crippen molar-refractivity contribution < 1.29 is 9.59 Å². The lowest BCUT2D eigenvalue weighted by Gasteiger charge is -2.27. The number of H-pyrrole nitrogens is 1. The summed E-state index contributed by atoms with van der Waals surface area (Å²) in [6, 6.07) is 6.99. The molecule has 2 amide bonds. The third kappa shape index (κ3) is 3.24. The number of nitrogens with zero attached hydrogens (tertiary/aromatic N) is 1. The minimum absolute atomic E-state index is 0.0109. The van der Waals surface area contributed by atoms with E-state index in [4.69, 9.17) is 0 Å². The predicted molar refractivity (Wildman–Crippen MR) is 86.4 cm³/mol. The van der Waals surface area contributed by atoms with Gasteiger partial charge in [-0.2, -0.15) is 0 Å². The van der Waals surface area contributed by atoms with E-state index in [1.165, 1.54) is 6.20 Å². The van der Waals surface area contributed by atoms with Gasteiger partial charge in [0.2, 0.25) is 11.3 Å². The van der Waals surface area contributed by atoms with Crippen LogP contribution in [-0.4, -0.2) is 54.4 Å². The van der Waals surface area contributed by atoms with Gasteiger partial charge in [0, 0.05) is 43.3 Å². The van der Waals surface area contributed by atoms with Crippen molar-refractivity contribution in [3.8, 4) is 0 Å². The van der Waals surface area contributed by atoms with Gasteiger partial charge in [0.15, 0.2) is 0 Å². The normalized spacial score (nSPS) is 14.7. The van der Waals surface area contributed by atoms with E-state index in [1.807, 2.05) is 6.07 Å². The van der Waals surface area contributed by atoms with Crippen LogP contribution in [-0.2, 0) is 4.79 Å². The summed E-state index contributed by atoms with van der Waals surface area (Å²) >= 11 is 0. The topological polar surface area (TPSA) is 94.3 Å². The molecule has 1 aromatic heterocycles. The van der Waals surface area contributed by atoms with Crippen molar-refractivity contribution in [1.29, 1.82) is 0 Å². The Morgan fingerprint density at radius 3 is 2.70 bits per heavy atom. The summed E-state index contributed by atoms with van der Waals surface area (Å²) in [5, 5.41) is 6.14. The molecule has 0 atom stereocenters. The maximum atomic E-state index is 12.3. The highest BCUT2D eigenvalue weighted by Crippen LogP contribution is 2.06. The van der Waals surface area contributed by atoms with Gasteiger partial charge in [-0.3, -0.25) is 14.4 Å².